The lowest BCUT2D eigenvalue weighted by atomic mass is 9.98. The van der Waals surface area contributed by atoms with Crippen LogP contribution in [0.2, 0.25) is 0 Å². The summed E-state index contributed by atoms with van der Waals surface area (Å²) in [5.74, 6) is 1.47. The second kappa shape index (κ2) is 8.23. The van der Waals surface area contributed by atoms with Gasteiger partial charge in [0.2, 0.25) is 0 Å². The zero-order valence-corrected chi connectivity index (χ0v) is 19.3. The summed E-state index contributed by atoms with van der Waals surface area (Å²) in [5.41, 5.74) is 2.90. The summed E-state index contributed by atoms with van der Waals surface area (Å²) in [6, 6.07) is 13.6. The van der Waals surface area contributed by atoms with Gasteiger partial charge >= 0.3 is 0 Å². The van der Waals surface area contributed by atoms with Crippen molar-refractivity contribution in [2.75, 3.05) is 19.1 Å². The predicted molar refractivity (Wildman–Crippen MR) is 127 cm³/mol. The lowest BCUT2D eigenvalue weighted by Gasteiger charge is -2.29. The van der Waals surface area contributed by atoms with Crippen molar-refractivity contribution in [2.24, 2.45) is 0 Å². The topological polar surface area (TPSA) is 51.6 Å². The van der Waals surface area contributed by atoms with E-state index in [1.807, 2.05) is 42.6 Å². The molecule has 0 saturated carbocycles. The van der Waals surface area contributed by atoms with Crippen molar-refractivity contribution in [3.05, 3.63) is 72.3 Å². The van der Waals surface area contributed by atoms with Crippen molar-refractivity contribution in [2.45, 2.75) is 38.4 Å². The Bertz CT molecular complexity index is 1070. The number of ether oxygens (including phenoxy) is 2. The van der Waals surface area contributed by atoms with Crippen LogP contribution in [0.5, 0.6) is 11.5 Å². The van der Waals surface area contributed by atoms with E-state index in [0.29, 0.717) is 5.11 Å². The smallest absolute Gasteiger partial charge is 0.174 e. The van der Waals surface area contributed by atoms with Gasteiger partial charge in [-0.1, -0.05) is 6.07 Å². The highest BCUT2D eigenvalue weighted by Crippen LogP contribution is 2.45. The number of aromatic nitrogens is 2. The number of thiocarbonyl (C=S) groups is 1. The largest absolute Gasteiger partial charge is 0.497 e. The van der Waals surface area contributed by atoms with Crippen LogP contribution in [0.15, 0.2) is 61.1 Å². The Morgan fingerprint density at radius 3 is 2.48 bits per heavy atom. The van der Waals surface area contributed by atoms with Crippen LogP contribution in [0.25, 0.3) is 0 Å². The van der Waals surface area contributed by atoms with Gasteiger partial charge in [0.15, 0.2) is 5.11 Å². The van der Waals surface area contributed by atoms with Gasteiger partial charge in [0, 0.05) is 30.2 Å². The molecule has 6 nitrogen and oxygen atoms in total. The second-order valence-electron chi connectivity index (χ2n) is 8.56. The van der Waals surface area contributed by atoms with Crippen LogP contribution < -0.4 is 19.7 Å². The van der Waals surface area contributed by atoms with E-state index < -0.39 is 0 Å². The summed E-state index contributed by atoms with van der Waals surface area (Å²) < 4.78 is 13.4. The number of nitrogens with zero attached hydrogens (tertiary/aromatic N) is 3. The Balaban J connectivity index is 1.87. The molecule has 3 heterocycles. The van der Waals surface area contributed by atoms with E-state index in [9.17, 15) is 0 Å². The first kappa shape index (κ1) is 21.2. The number of rotatable bonds is 5. The Morgan fingerprint density at radius 2 is 1.87 bits per heavy atom. The SMILES string of the molecule is COc1ccc(OC)c(N2C(=S)N[C@H](c3ccccn3)[C@@H]2c2ccn(C(C)(C)C)c2)c1. The number of hydrogen-bond acceptors (Lipinski definition) is 4. The third kappa shape index (κ3) is 3.97. The third-order valence-electron chi connectivity index (χ3n) is 5.58. The maximum Gasteiger partial charge on any atom is 0.174 e. The van der Waals surface area contributed by atoms with E-state index in [0.717, 1.165) is 28.4 Å². The molecular formula is C24H28N4O2S. The van der Waals surface area contributed by atoms with Gasteiger partial charge < -0.3 is 24.3 Å². The summed E-state index contributed by atoms with van der Waals surface area (Å²) in [4.78, 5) is 6.73. The van der Waals surface area contributed by atoms with Crippen molar-refractivity contribution in [3.8, 4) is 11.5 Å². The summed E-state index contributed by atoms with van der Waals surface area (Å²) in [7, 11) is 3.32. The molecule has 2 aromatic heterocycles. The van der Waals surface area contributed by atoms with Gasteiger partial charge in [-0.3, -0.25) is 4.98 Å². The molecule has 3 aromatic rings. The quantitative estimate of drug-likeness (QED) is 0.578. The van der Waals surface area contributed by atoms with E-state index >= 15 is 0 Å². The minimum atomic E-state index is -0.111. The molecule has 0 unspecified atom stereocenters. The van der Waals surface area contributed by atoms with Crippen LogP contribution in [0.3, 0.4) is 0 Å². The minimum absolute atomic E-state index is 0.0240. The van der Waals surface area contributed by atoms with Gasteiger partial charge in [-0.05, 0) is 68.9 Å². The van der Waals surface area contributed by atoms with Gasteiger partial charge in [0.25, 0.3) is 0 Å². The number of benzene rings is 1. The maximum absolute atomic E-state index is 5.83. The molecule has 0 spiro atoms. The van der Waals surface area contributed by atoms with Crippen LogP contribution in [0.4, 0.5) is 5.69 Å². The van der Waals surface area contributed by atoms with Gasteiger partial charge in [-0.25, -0.2) is 0 Å². The molecule has 0 radical (unpaired) electrons. The number of nitrogens with one attached hydrogen (secondary N) is 1. The lowest BCUT2D eigenvalue weighted by Crippen LogP contribution is -2.29. The zero-order chi connectivity index (χ0) is 22.2. The first-order valence-corrected chi connectivity index (χ1v) is 10.7. The third-order valence-corrected chi connectivity index (χ3v) is 5.89. The summed E-state index contributed by atoms with van der Waals surface area (Å²) in [6.07, 6.45) is 6.12. The molecule has 0 aliphatic carbocycles. The standard InChI is InChI=1S/C24H28N4O2S/c1-24(2,3)27-13-11-16(15-27)22-21(18-8-6-7-12-25-18)26-23(31)28(22)19-14-17(29-4)9-10-20(19)30-5/h6-15,21-22H,1-5H3,(H,26,31)/t21-,22+/m1/s1. The minimum Gasteiger partial charge on any atom is -0.497 e. The molecule has 0 amide bonds. The molecule has 31 heavy (non-hydrogen) atoms. The molecule has 1 fully saturated rings. The Labute approximate surface area is 188 Å². The molecule has 1 aromatic carbocycles. The number of pyridine rings is 1. The lowest BCUT2D eigenvalue weighted by molar-refractivity contribution is 0.396. The highest BCUT2D eigenvalue weighted by molar-refractivity contribution is 7.80. The van der Waals surface area contributed by atoms with Crippen LogP contribution in [0.1, 0.15) is 44.1 Å². The fourth-order valence-electron chi connectivity index (χ4n) is 3.94. The van der Waals surface area contributed by atoms with E-state index in [2.05, 4.69) is 59.0 Å². The average molecular weight is 437 g/mol. The van der Waals surface area contributed by atoms with Gasteiger partial charge in [-0.15, -0.1) is 0 Å². The highest BCUT2D eigenvalue weighted by atomic mass is 32.1. The van der Waals surface area contributed by atoms with Gasteiger partial charge in [0.1, 0.15) is 11.5 Å². The summed E-state index contributed by atoms with van der Waals surface area (Å²) in [5, 5.41) is 4.11. The fourth-order valence-corrected chi connectivity index (χ4v) is 4.28. The van der Waals surface area contributed by atoms with E-state index in [4.69, 9.17) is 21.7 Å². The molecule has 2 atom stereocenters. The monoisotopic (exact) mass is 436 g/mol. The van der Waals surface area contributed by atoms with Crippen LogP contribution in [-0.4, -0.2) is 28.9 Å². The van der Waals surface area contributed by atoms with Crippen molar-refractivity contribution >= 4 is 23.0 Å². The van der Waals surface area contributed by atoms with Crippen LogP contribution >= 0.6 is 12.2 Å². The summed E-state index contributed by atoms with van der Waals surface area (Å²) in [6.45, 7) is 6.56. The zero-order valence-electron chi connectivity index (χ0n) is 18.5. The number of methoxy groups -OCH3 is 2. The molecule has 1 aliphatic heterocycles. The molecule has 1 aliphatic rings. The van der Waals surface area contributed by atoms with E-state index in [1.54, 1.807) is 14.2 Å². The second-order valence-corrected chi connectivity index (χ2v) is 8.94. The molecule has 162 valence electrons. The fraction of sp³-hybridized carbons (Fsp3) is 0.333. The molecule has 1 saturated heterocycles. The first-order chi connectivity index (χ1) is 14.8. The highest BCUT2D eigenvalue weighted by Gasteiger charge is 2.42. The van der Waals surface area contributed by atoms with Crippen LogP contribution in [0, 0.1) is 0 Å². The van der Waals surface area contributed by atoms with Crippen molar-refractivity contribution in [1.82, 2.24) is 14.9 Å². The van der Waals surface area contributed by atoms with Gasteiger partial charge in [-0.2, -0.15) is 0 Å². The van der Waals surface area contributed by atoms with E-state index in [1.165, 1.54) is 0 Å². The Hall–Kier alpha value is -3.06. The van der Waals surface area contributed by atoms with Crippen molar-refractivity contribution in [3.63, 3.8) is 0 Å². The Kier molecular flexibility index (Phi) is 5.62. The van der Waals surface area contributed by atoms with Crippen molar-refractivity contribution < 1.29 is 9.47 Å². The van der Waals surface area contributed by atoms with E-state index in [-0.39, 0.29) is 17.6 Å². The summed E-state index contributed by atoms with van der Waals surface area (Å²) >= 11 is 5.83. The van der Waals surface area contributed by atoms with Crippen LogP contribution in [-0.2, 0) is 5.54 Å². The number of hydrogen-bond donors (Lipinski definition) is 1. The van der Waals surface area contributed by atoms with Crippen molar-refractivity contribution in [1.29, 1.82) is 0 Å². The molecule has 0 bridgehead atoms. The Morgan fingerprint density at radius 1 is 1.06 bits per heavy atom. The maximum atomic E-state index is 5.83. The number of anilines is 1. The van der Waals surface area contributed by atoms with Gasteiger partial charge in [0.05, 0.1) is 37.7 Å². The molecule has 1 N–H and O–H groups in total. The normalized spacial score (nSPS) is 18.7. The predicted octanol–water partition coefficient (Wildman–Crippen LogP) is 4.83. The molecule has 7 heteroatoms. The first-order valence-electron chi connectivity index (χ1n) is 10.2. The molecular weight excluding hydrogens is 408 g/mol. The molecule has 4 rings (SSSR count). The average Bonchev–Trinajstić information content (AvgIpc) is 3.38.